The van der Waals surface area contributed by atoms with Crippen molar-refractivity contribution < 1.29 is 61.0 Å². The summed E-state index contributed by atoms with van der Waals surface area (Å²) in [6.45, 7) is 2.58. The van der Waals surface area contributed by atoms with Crippen molar-refractivity contribution in [2.24, 2.45) is 0 Å². The van der Waals surface area contributed by atoms with Crippen molar-refractivity contribution in [1.82, 2.24) is 34.4 Å². The number of anilines is 2. The molecule has 3 aromatic heterocycles. The lowest BCUT2D eigenvalue weighted by atomic mass is 10.1. The highest BCUT2D eigenvalue weighted by atomic mass is 32.2. The Kier molecular flexibility index (Phi) is 11.0. The van der Waals surface area contributed by atoms with Crippen molar-refractivity contribution in [3.8, 4) is 0 Å². The van der Waals surface area contributed by atoms with Crippen LogP contribution in [0.25, 0.3) is 11.2 Å². The number of thioether (sulfide) groups is 1. The number of phosphoric acid groups is 3. The van der Waals surface area contributed by atoms with E-state index < -0.39 is 61.2 Å². The zero-order chi connectivity index (χ0) is 35.0. The lowest BCUT2D eigenvalue weighted by Crippen LogP contribution is -2.33. The van der Waals surface area contributed by atoms with Gasteiger partial charge in [-0.15, -0.1) is 11.8 Å². The summed E-state index contributed by atoms with van der Waals surface area (Å²) < 4.78 is 61.6. The molecule has 0 bridgehead atoms. The molecule has 2 aliphatic heterocycles. The van der Waals surface area contributed by atoms with Crippen LogP contribution in [0.15, 0.2) is 29.5 Å². The Morgan fingerprint density at radius 3 is 2.40 bits per heavy atom. The number of nitrogen functional groups attached to an aromatic ring is 2. The molecule has 1 saturated heterocycles. The predicted octanol–water partition coefficient (Wildman–Crippen LogP) is 0.904. The molecular weight excluding hydrogens is 723 g/mol. The van der Waals surface area contributed by atoms with Crippen LogP contribution < -0.4 is 11.5 Å². The fourth-order valence-electron chi connectivity index (χ4n) is 4.69. The summed E-state index contributed by atoms with van der Waals surface area (Å²) in [6.07, 6.45) is -1.97. The van der Waals surface area contributed by atoms with E-state index in [1.165, 1.54) is 22.7 Å². The molecule has 7 unspecified atom stereocenters. The maximum atomic E-state index is 12.4. The van der Waals surface area contributed by atoms with Crippen LogP contribution in [0.2, 0.25) is 0 Å². The molecule has 2 aliphatic rings. The lowest BCUT2D eigenvalue weighted by molar-refractivity contribution is -0.0503. The van der Waals surface area contributed by atoms with Crippen LogP contribution in [0.3, 0.4) is 0 Å². The first-order chi connectivity index (χ1) is 22.5. The Labute approximate surface area is 275 Å². The van der Waals surface area contributed by atoms with Crippen LogP contribution >= 0.6 is 35.2 Å². The van der Waals surface area contributed by atoms with Crippen LogP contribution in [0, 0.1) is 6.92 Å². The van der Waals surface area contributed by atoms with Gasteiger partial charge in [0, 0.05) is 35.3 Å². The van der Waals surface area contributed by atoms with Crippen molar-refractivity contribution in [2.45, 2.75) is 51.4 Å². The predicted molar refractivity (Wildman–Crippen MR) is 166 cm³/mol. The van der Waals surface area contributed by atoms with Crippen molar-refractivity contribution >= 4 is 58.0 Å². The number of aromatic nitrogens is 6. The Bertz CT molecular complexity index is 1850. The van der Waals surface area contributed by atoms with Crippen LogP contribution in [0.5, 0.6) is 0 Å². The van der Waals surface area contributed by atoms with E-state index in [0.717, 1.165) is 16.9 Å². The van der Waals surface area contributed by atoms with Crippen LogP contribution in [0.4, 0.5) is 11.6 Å². The molecule has 5 rings (SSSR count). The van der Waals surface area contributed by atoms with Gasteiger partial charge in [-0.2, -0.15) is 8.62 Å². The molecule has 0 spiro atoms. The van der Waals surface area contributed by atoms with Gasteiger partial charge < -0.3 is 46.0 Å². The molecule has 0 amide bonds. The minimum Gasteiger partial charge on any atom is -0.387 e. The van der Waals surface area contributed by atoms with Gasteiger partial charge in [0.2, 0.25) is 0 Å². The quantitative estimate of drug-likeness (QED) is 0.112. The number of hydrogen-bond donors (Lipinski definition) is 7. The van der Waals surface area contributed by atoms with Crippen molar-refractivity contribution in [1.29, 1.82) is 0 Å². The zero-order valence-electron chi connectivity index (χ0n) is 25.1. The Morgan fingerprint density at radius 1 is 0.979 bits per heavy atom. The van der Waals surface area contributed by atoms with E-state index in [9.17, 15) is 38.6 Å². The van der Waals surface area contributed by atoms with Gasteiger partial charge in [0.1, 0.15) is 41.8 Å². The van der Waals surface area contributed by atoms with Gasteiger partial charge in [0.15, 0.2) is 17.7 Å². The molecule has 48 heavy (non-hydrogen) atoms. The summed E-state index contributed by atoms with van der Waals surface area (Å²) in [5.41, 5.74) is 13.6. The van der Waals surface area contributed by atoms with E-state index in [-0.39, 0.29) is 23.4 Å². The van der Waals surface area contributed by atoms with E-state index >= 15 is 0 Å². The maximum Gasteiger partial charge on any atom is 0.490 e. The third-order valence-electron chi connectivity index (χ3n) is 7.05. The highest BCUT2D eigenvalue weighted by molar-refractivity contribution is 8.03. The first-order valence-corrected chi connectivity index (χ1v) is 19.2. The molecule has 5 heterocycles. The number of nitrogens with zero attached hydrogens (tertiary/aromatic N) is 7. The second kappa shape index (κ2) is 14.3. The van der Waals surface area contributed by atoms with Gasteiger partial charge >= 0.3 is 23.5 Å². The lowest BCUT2D eigenvalue weighted by Gasteiger charge is -2.20. The average Bonchev–Trinajstić information content (AvgIpc) is 3.64. The van der Waals surface area contributed by atoms with E-state index in [0.29, 0.717) is 29.6 Å². The number of phosphoric ester groups is 2. The second-order valence-electron chi connectivity index (χ2n) is 10.4. The van der Waals surface area contributed by atoms with E-state index in [1.54, 1.807) is 13.1 Å². The first-order valence-electron chi connectivity index (χ1n) is 13.8. The van der Waals surface area contributed by atoms with Crippen molar-refractivity contribution in [3.05, 3.63) is 40.8 Å². The van der Waals surface area contributed by atoms with Crippen molar-refractivity contribution in [2.75, 3.05) is 30.6 Å². The van der Waals surface area contributed by atoms with E-state index in [1.807, 2.05) is 11.8 Å². The largest absolute Gasteiger partial charge is 0.490 e. The summed E-state index contributed by atoms with van der Waals surface area (Å²) in [4.78, 5) is 52.8. The average molecular weight is 756 g/mol. The van der Waals surface area contributed by atoms with Gasteiger partial charge in [-0.1, -0.05) is 0 Å². The van der Waals surface area contributed by atoms with Crippen LogP contribution in [0.1, 0.15) is 31.0 Å². The number of aryl methyl sites for hydroxylation is 1. The Hall–Kier alpha value is -2.59. The maximum absolute atomic E-state index is 12.4. The second-order valence-corrected chi connectivity index (χ2v) is 16.1. The van der Waals surface area contributed by atoms with E-state index in [2.05, 4.69) is 38.1 Å². The Balaban J connectivity index is 1.10. The van der Waals surface area contributed by atoms with Gasteiger partial charge in [-0.25, -0.2) is 38.6 Å². The molecule has 0 aromatic carbocycles. The number of imidazole rings is 1. The fraction of sp³-hybridized carbons (Fsp3) is 0.500. The molecule has 3 aromatic rings. The number of aliphatic hydroxyl groups is 2. The number of rotatable bonds is 14. The van der Waals surface area contributed by atoms with Gasteiger partial charge in [-0.3, -0.25) is 13.6 Å². The number of hydrogen-bond acceptors (Lipinski definition) is 19. The fourth-order valence-corrected chi connectivity index (χ4v) is 9.36. The third-order valence-corrected chi connectivity index (χ3v) is 12.6. The minimum absolute atomic E-state index is 0.0438. The number of allylic oxidation sites excluding steroid dienone is 1. The van der Waals surface area contributed by atoms with E-state index in [4.69, 9.17) is 20.7 Å². The summed E-state index contributed by atoms with van der Waals surface area (Å²) >= 11 is 1.43. The van der Waals surface area contributed by atoms with Crippen LogP contribution in [-0.2, 0) is 42.6 Å². The summed E-state index contributed by atoms with van der Waals surface area (Å²) in [6, 6.07) is 0. The summed E-state index contributed by atoms with van der Waals surface area (Å²) in [5.74, 6) is 1.47. The first kappa shape index (κ1) is 36.7. The van der Waals surface area contributed by atoms with Gasteiger partial charge in [0.05, 0.1) is 25.4 Å². The molecule has 1 fully saturated rings. The number of aliphatic hydroxyl groups excluding tert-OH is 2. The summed E-state index contributed by atoms with van der Waals surface area (Å²) in [5, 5.41) is 20.9. The highest BCUT2D eigenvalue weighted by Crippen LogP contribution is 2.67. The molecule has 7 atom stereocenters. The molecule has 0 saturated carbocycles. The van der Waals surface area contributed by atoms with Crippen LogP contribution in [-0.4, -0.2) is 96.7 Å². The summed E-state index contributed by atoms with van der Waals surface area (Å²) in [7, 11) is -16.6. The highest BCUT2D eigenvalue weighted by Gasteiger charge is 2.47. The number of nitrogens with two attached hydrogens (primary N) is 2. The molecule has 264 valence electrons. The SMILES string of the molecule is CC1=C(CCOP(=O)(O)OP(=O)(O)OP(=O)(O)OCC2OC(n3cnc4c(N)ncnc43)C(O)C2O)SCN1Cc1cnc(C)nc1N. The number of ether oxygens (including phenoxy) is 1. The molecule has 0 aliphatic carbocycles. The number of fused-ring (bicyclic) bond motifs is 1. The Morgan fingerprint density at radius 2 is 1.69 bits per heavy atom. The molecule has 22 nitrogen and oxygen atoms in total. The molecule has 26 heteroatoms. The molecule has 9 N–H and O–H groups in total. The normalized spacial score (nSPS) is 25.4. The molecular formula is C22H32N9O13P3S. The third kappa shape index (κ3) is 8.58. The van der Waals surface area contributed by atoms with Gasteiger partial charge in [-0.05, 0) is 13.8 Å². The smallest absolute Gasteiger partial charge is 0.387 e. The van der Waals surface area contributed by atoms with Gasteiger partial charge in [0.25, 0.3) is 0 Å². The van der Waals surface area contributed by atoms with Crippen molar-refractivity contribution in [3.63, 3.8) is 0 Å². The minimum atomic E-state index is -5.76. The monoisotopic (exact) mass is 755 g/mol. The molecule has 0 radical (unpaired) electrons. The topological polar surface area (TPSA) is 323 Å². The zero-order valence-corrected chi connectivity index (χ0v) is 28.6. The standard InChI is InChI=1S/C22H32N9O13P3S/c1-11-15(48-10-30(11)6-13-5-25-12(2)29-19(13)23)3-4-40-45(34,35)43-47(38,39)44-46(36,37)41-7-14-17(32)18(33)22(42-14)31-9-28-16-20(24)26-8-27-21(16)31/h5,8-9,14,17-18,22,32-33H,3-4,6-7,10H2,1-2H3,(H,34,35)(H,36,37)(H,38,39)(H2,23,25,29)(H2,24,26,27).